The number of hydrogen-bond acceptors (Lipinski definition) is 6. The van der Waals surface area contributed by atoms with Crippen LogP contribution in [0.3, 0.4) is 0 Å². The fourth-order valence-corrected chi connectivity index (χ4v) is 4.18. The number of benzene rings is 3. The molecule has 4 N–H and O–H groups in total. The van der Waals surface area contributed by atoms with Crippen LogP contribution in [0, 0.1) is 15.5 Å². The molecule has 0 fully saturated rings. The number of rotatable bonds is 10. The quantitative estimate of drug-likeness (QED) is 0.157. The van der Waals surface area contributed by atoms with Gasteiger partial charge in [0.05, 0.1) is 29.8 Å². The third-order valence-corrected chi connectivity index (χ3v) is 6.02. The second-order valence-electron chi connectivity index (χ2n) is 8.44. The number of hydrogen-bond donors (Lipinski definition) is 3. The van der Waals surface area contributed by atoms with Gasteiger partial charge in [-0.3, -0.25) is 20.3 Å². The first kappa shape index (κ1) is 25.8. The number of nitrogens with one attached hydrogen (secondary N) is 2. The normalized spacial score (nSPS) is 14.5. The SMILES string of the molecule is N=C(N)NCCc1ccc(OCCC2Oc3cc([N+](=O)[O-])ccc3N(Cc3cccc(Cl)c3)C2=O)cc1. The van der Waals surface area contributed by atoms with Crippen molar-refractivity contribution in [1.29, 1.82) is 5.41 Å². The first-order chi connectivity index (χ1) is 17.8. The van der Waals surface area contributed by atoms with E-state index in [0.29, 0.717) is 29.4 Å². The summed E-state index contributed by atoms with van der Waals surface area (Å²) in [5.41, 5.74) is 7.50. The molecule has 0 radical (unpaired) electrons. The summed E-state index contributed by atoms with van der Waals surface area (Å²) in [4.78, 5) is 25.7. The molecule has 192 valence electrons. The van der Waals surface area contributed by atoms with Crippen LogP contribution in [0.5, 0.6) is 11.5 Å². The topological polar surface area (TPSA) is 144 Å². The third kappa shape index (κ3) is 6.68. The number of anilines is 1. The summed E-state index contributed by atoms with van der Waals surface area (Å²) in [5.74, 6) is 0.573. The molecule has 0 aromatic heterocycles. The maximum atomic E-state index is 13.4. The van der Waals surface area contributed by atoms with Crippen molar-refractivity contribution in [3.8, 4) is 11.5 Å². The Bertz CT molecular complexity index is 1300. The van der Waals surface area contributed by atoms with Crippen molar-refractivity contribution in [2.45, 2.75) is 25.5 Å². The van der Waals surface area contributed by atoms with Crippen molar-refractivity contribution in [3.05, 3.63) is 93.0 Å². The molecule has 3 aromatic rings. The van der Waals surface area contributed by atoms with Crippen LogP contribution in [-0.4, -0.2) is 36.0 Å². The Morgan fingerprint density at radius 1 is 1.16 bits per heavy atom. The first-order valence-corrected chi connectivity index (χ1v) is 12.0. The van der Waals surface area contributed by atoms with E-state index >= 15 is 0 Å². The smallest absolute Gasteiger partial charge is 0.273 e. The van der Waals surface area contributed by atoms with Crippen LogP contribution in [0.1, 0.15) is 17.5 Å². The number of fused-ring (bicyclic) bond motifs is 1. The van der Waals surface area contributed by atoms with Gasteiger partial charge in [-0.25, -0.2) is 0 Å². The van der Waals surface area contributed by atoms with Crippen molar-refractivity contribution >= 4 is 34.8 Å². The lowest BCUT2D eigenvalue weighted by Gasteiger charge is -2.34. The van der Waals surface area contributed by atoms with Crippen molar-refractivity contribution in [1.82, 2.24) is 5.32 Å². The van der Waals surface area contributed by atoms with Gasteiger partial charge in [-0.05, 0) is 47.9 Å². The van der Waals surface area contributed by atoms with Gasteiger partial charge >= 0.3 is 0 Å². The maximum absolute atomic E-state index is 13.4. The number of nitrogens with two attached hydrogens (primary N) is 1. The zero-order valence-corrected chi connectivity index (χ0v) is 20.6. The highest BCUT2D eigenvalue weighted by atomic mass is 35.5. The van der Waals surface area contributed by atoms with Gasteiger partial charge in [0.25, 0.3) is 11.6 Å². The van der Waals surface area contributed by atoms with Gasteiger partial charge in [0.1, 0.15) is 5.75 Å². The predicted octanol–water partition coefficient (Wildman–Crippen LogP) is 4.04. The van der Waals surface area contributed by atoms with Gasteiger partial charge in [-0.1, -0.05) is 35.9 Å². The monoisotopic (exact) mass is 523 g/mol. The molecule has 1 unspecified atom stereocenters. The first-order valence-electron chi connectivity index (χ1n) is 11.6. The minimum atomic E-state index is -0.870. The lowest BCUT2D eigenvalue weighted by Crippen LogP contribution is -2.46. The minimum absolute atomic E-state index is 0.0669. The van der Waals surface area contributed by atoms with Gasteiger partial charge in [0.15, 0.2) is 17.8 Å². The highest BCUT2D eigenvalue weighted by Gasteiger charge is 2.35. The molecule has 1 heterocycles. The van der Waals surface area contributed by atoms with Crippen LogP contribution in [0.2, 0.25) is 5.02 Å². The molecular formula is C26H26ClN5O5. The molecule has 1 amide bonds. The van der Waals surface area contributed by atoms with Crippen molar-refractivity contribution in [3.63, 3.8) is 0 Å². The molecule has 1 atom stereocenters. The standard InChI is InChI=1S/C26H26ClN5O5/c27-19-3-1-2-18(14-19)16-31-22-9-6-20(32(34)35)15-24(22)37-23(25(31)33)11-13-36-21-7-4-17(5-8-21)10-12-30-26(28)29/h1-9,14-15,23H,10-13,16H2,(H4,28,29,30). The van der Waals surface area contributed by atoms with Gasteiger partial charge in [-0.2, -0.15) is 0 Å². The van der Waals surface area contributed by atoms with E-state index in [2.05, 4.69) is 5.32 Å². The van der Waals surface area contributed by atoms with Crippen LogP contribution in [0.15, 0.2) is 66.7 Å². The molecular weight excluding hydrogens is 498 g/mol. The summed E-state index contributed by atoms with van der Waals surface area (Å²) in [7, 11) is 0. The molecule has 0 spiro atoms. The Morgan fingerprint density at radius 2 is 1.95 bits per heavy atom. The number of nitrogens with zero attached hydrogens (tertiary/aromatic N) is 2. The molecule has 0 aliphatic carbocycles. The number of guanidine groups is 1. The highest BCUT2D eigenvalue weighted by molar-refractivity contribution is 6.30. The number of ether oxygens (including phenoxy) is 2. The number of carbonyl (C=O) groups is 1. The van der Waals surface area contributed by atoms with E-state index in [1.165, 1.54) is 18.2 Å². The van der Waals surface area contributed by atoms with E-state index < -0.39 is 11.0 Å². The van der Waals surface area contributed by atoms with Crippen molar-refractivity contribution < 1.29 is 19.2 Å². The van der Waals surface area contributed by atoms with E-state index in [9.17, 15) is 14.9 Å². The Labute approximate surface area is 218 Å². The maximum Gasteiger partial charge on any atom is 0.273 e. The molecule has 0 saturated heterocycles. The van der Waals surface area contributed by atoms with E-state index in [1.54, 1.807) is 23.1 Å². The third-order valence-electron chi connectivity index (χ3n) is 5.79. The summed E-state index contributed by atoms with van der Waals surface area (Å²) in [6.07, 6.45) is 0.0841. The van der Waals surface area contributed by atoms with E-state index in [1.807, 2.05) is 30.3 Å². The van der Waals surface area contributed by atoms with E-state index in [-0.39, 0.29) is 42.9 Å². The Morgan fingerprint density at radius 3 is 2.65 bits per heavy atom. The van der Waals surface area contributed by atoms with Crippen LogP contribution in [-0.2, 0) is 17.8 Å². The van der Waals surface area contributed by atoms with Gasteiger partial charge < -0.3 is 25.4 Å². The molecule has 3 aromatic carbocycles. The average molecular weight is 524 g/mol. The molecule has 0 bridgehead atoms. The summed E-state index contributed by atoms with van der Waals surface area (Å²) in [6, 6.07) is 18.9. The highest BCUT2D eigenvalue weighted by Crippen LogP contribution is 2.38. The number of nitro groups is 1. The number of carbonyl (C=O) groups excluding carboxylic acids is 1. The van der Waals surface area contributed by atoms with Crippen LogP contribution >= 0.6 is 11.6 Å². The number of amides is 1. The van der Waals surface area contributed by atoms with Gasteiger partial charge in [-0.15, -0.1) is 0 Å². The second kappa shape index (κ2) is 11.6. The van der Waals surface area contributed by atoms with Crippen molar-refractivity contribution in [2.24, 2.45) is 5.73 Å². The summed E-state index contributed by atoms with van der Waals surface area (Å²) < 4.78 is 11.7. The molecule has 1 aliphatic rings. The van der Waals surface area contributed by atoms with Gasteiger partial charge in [0, 0.05) is 24.1 Å². The predicted molar refractivity (Wildman–Crippen MR) is 140 cm³/mol. The molecule has 1 aliphatic heterocycles. The molecule has 0 saturated carbocycles. The minimum Gasteiger partial charge on any atom is -0.493 e. The zero-order valence-electron chi connectivity index (χ0n) is 19.9. The van der Waals surface area contributed by atoms with Crippen LogP contribution in [0.25, 0.3) is 0 Å². The molecule has 10 nitrogen and oxygen atoms in total. The zero-order chi connectivity index (χ0) is 26.4. The Balaban J connectivity index is 1.44. The molecule has 37 heavy (non-hydrogen) atoms. The fourth-order valence-electron chi connectivity index (χ4n) is 3.97. The van der Waals surface area contributed by atoms with E-state index in [0.717, 1.165) is 11.1 Å². The average Bonchev–Trinajstić information content (AvgIpc) is 2.86. The van der Waals surface area contributed by atoms with Crippen LogP contribution in [0.4, 0.5) is 11.4 Å². The van der Waals surface area contributed by atoms with E-state index in [4.69, 9.17) is 32.2 Å². The molecule has 11 heteroatoms. The Kier molecular flexibility index (Phi) is 8.09. The van der Waals surface area contributed by atoms with Crippen molar-refractivity contribution in [2.75, 3.05) is 18.1 Å². The van der Waals surface area contributed by atoms with Crippen LogP contribution < -0.4 is 25.4 Å². The summed E-state index contributed by atoms with van der Waals surface area (Å²) in [5, 5.41) is 21.8. The summed E-state index contributed by atoms with van der Waals surface area (Å²) in [6.45, 7) is 1.00. The lowest BCUT2D eigenvalue weighted by atomic mass is 10.1. The molecule has 4 rings (SSSR count). The number of halogens is 1. The largest absolute Gasteiger partial charge is 0.493 e. The lowest BCUT2D eigenvalue weighted by molar-refractivity contribution is -0.384. The Hall–Kier alpha value is -4.31. The number of non-ortho nitro benzene ring substituents is 1. The number of nitro benzene ring substituents is 1. The fraction of sp³-hybridized carbons (Fsp3) is 0.231. The summed E-state index contributed by atoms with van der Waals surface area (Å²) >= 11 is 6.12. The van der Waals surface area contributed by atoms with Gasteiger partial charge in [0.2, 0.25) is 0 Å². The second-order valence-corrected chi connectivity index (χ2v) is 8.88.